The van der Waals surface area contributed by atoms with Crippen LogP contribution in [0.2, 0.25) is 0 Å². The van der Waals surface area contributed by atoms with Crippen molar-refractivity contribution in [2.24, 2.45) is 0 Å². The molecule has 1 unspecified atom stereocenters. The van der Waals surface area contributed by atoms with Crippen LogP contribution in [-0.4, -0.2) is 22.1 Å². The predicted molar refractivity (Wildman–Crippen MR) is 91.1 cm³/mol. The summed E-state index contributed by atoms with van der Waals surface area (Å²) in [5.74, 6) is 0.256. The molecule has 1 atom stereocenters. The predicted octanol–water partition coefficient (Wildman–Crippen LogP) is 4.65. The zero-order chi connectivity index (χ0) is 17.3. The summed E-state index contributed by atoms with van der Waals surface area (Å²) in [5, 5.41) is 2.17. The lowest BCUT2D eigenvalue weighted by Crippen LogP contribution is -2.58. The molecule has 1 fully saturated rings. The Morgan fingerprint density at radius 2 is 1.61 bits per heavy atom. The number of esters is 1. The van der Waals surface area contributed by atoms with E-state index in [1.807, 2.05) is 24.3 Å². The topological polar surface area (TPSA) is 38.8 Å². The van der Waals surface area contributed by atoms with Crippen LogP contribution in [0.5, 0.6) is 5.75 Å². The Morgan fingerprint density at radius 1 is 1.09 bits per heavy atom. The van der Waals surface area contributed by atoms with Gasteiger partial charge in [-0.25, -0.2) is 0 Å². The lowest BCUT2D eigenvalue weighted by atomic mass is 9.82. The summed E-state index contributed by atoms with van der Waals surface area (Å²) >= 11 is 0. The van der Waals surface area contributed by atoms with Crippen LogP contribution in [-0.2, 0) is 9.63 Å². The van der Waals surface area contributed by atoms with Gasteiger partial charge in [0, 0.05) is 18.0 Å². The number of rotatable bonds is 4. The van der Waals surface area contributed by atoms with Gasteiger partial charge in [0.25, 0.3) is 0 Å². The Bertz CT molecular complexity index is 532. The van der Waals surface area contributed by atoms with E-state index in [2.05, 4.69) is 39.7 Å². The van der Waals surface area contributed by atoms with Gasteiger partial charge in [-0.15, -0.1) is 0 Å². The summed E-state index contributed by atoms with van der Waals surface area (Å²) in [4.78, 5) is 17.3. The number of ether oxygens (including phenoxy) is 1. The number of carbonyl (C=O) groups excluding carboxylic acids is 1. The van der Waals surface area contributed by atoms with E-state index in [-0.39, 0.29) is 23.2 Å². The first kappa shape index (κ1) is 18.0. The number of piperidine rings is 1. The van der Waals surface area contributed by atoms with E-state index in [1.165, 1.54) is 13.3 Å². The van der Waals surface area contributed by atoms with Gasteiger partial charge in [-0.05, 0) is 71.6 Å². The fourth-order valence-corrected chi connectivity index (χ4v) is 3.45. The molecule has 0 saturated carbocycles. The second kappa shape index (κ2) is 6.62. The van der Waals surface area contributed by atoms with Crippen LogP contribution in [0.15, 0.2) is 24.3 Å². The first-order chi connectivity index (χ1) is 10.6. The van der Waals surface area contributed by atoms with E-state index in [0.717, 1.165) is 18.4 Å². The number of carbonyl (C=O) groups is 1. The molecular weight excluding hydrogens is 290 g/mol. The molecule has 128 valence electrons. The largest absolute Gasteiger partial charge is 0.427 e. The van der Waals surface area contributed by atoms with Crippen LogP contribution in [0.4, 0.5) is 0 Å². The van der Waals surface area contributed by atoms with Crippen LogP contribution in [0.1, 0.15) is 72.5 Å². The molecule has 0 aliphatic carbocycles. The summed E-state index contributed by atoms with van der Waals surface area (Å²) < 4.78 is 5.07. The lowest BCUT2D eigenvalue weighted by Gasteiger charge is -2.52. The van der Waals surface area contributed by atoms with Crippen LogP contribution in [0.25, 0.3) is 0 Å². The highest BCUT2D eigenvalue weighted by Gasteiger charge is 2.43. The minimum atomic E-state index is -0.307. The lowest BCUT2D eigenvalue weighted by molar-refractivity contribution is -0.304. The van der Waals surface area contributed by atoms with Gasteiger partial charge < -0.3 is 4.74 Å². The number of hydroxylamine groups is 2. The summed E-state index contributed by atoms with van der Waals surface area (Å²) in [6, 6.07) is 7.52. The third kappa shape index (κ3) is 4.33. The summed E-state index contributed by atoms with van der Waals surface area (Å²) in [5.41, 5.74) is 1.11. The molecule has 1 aromatic rings. The minimum Gasteiger partial charge on any atom is -0.427 e. The van der Waals surface area contributed by atoms with Crippen molar-refractivity contribution < 1.29 is 14.4 Å². The zero-order valence-electron chi connectivity index (χ0n) is 15.2. The van der Waals surface area contributed by atoms with E-state index in [9.17, 15) is 4.79 Å². The molecule has 0 spiro atoms. The number of hydrogen-bond donors (Lipinski definition) is 0. The maximum absolute atomic E-state index is 11.0. The van der Waals surface area contributed by atoms with Gasteiger partial charge in [-0.2, -0.15) is 5.06 Å². The molecule has 1 heterocycles. The molecule has 1 aliphatic heterocycles. The average molecular weight is 319 g/mol. The molecule has 23 heavy (non-hydrogen) atoms. The van der Waals surface area contributed by atoms with E-state index < -0.39 is 0 Å². The Balaban J connectivity index is 2.10. The van der Waals surface area contributed by atoms with E-state index in [4.69, 9.17) is 9.57 Å². The van der Waals surface area contributed by atoms with Crippen LogP contribution in [0, 0.1) is 0 Å². The first-order valence-corrected chi connectivity index (χ1v) is 8.37. The SMILES string of the molecule is CC(=O)Oc1ccc(C(C)ON2C(C)(C)CCCC2(C)C)cc1. The molecule has 4 heteroatoms. The number of hydrogen-bond acceptors (Lipinski definition) is 4. The normalized spacial score (nSPS) is 21.7. The van der Waals surface area contributed by atoms with Crippen molar-refractivity contribution in [3.8, 4) is 5.75 Å². The Morgan fingerprint density at radius 3 is 2.09 bits per heavy atom. The summed E-state index contributed by atoms with van der Waals surface area (Å²) in [6.07, 6.45) is 3.44. The third-order valence-corrected chi connectivity index (χ3v) is 4.55. The zero-order valence-corrected chi connectivity index (χ0v) is 15.2. The number of benzene rings is 1. The van der Waals surface area contributed by atoms with E-state index in [1.54, 1.807) is 0 Å². The molecule has 1 aromatic carbocycles. The summed E-state index contributed by atoms with van der Waals surface area (Å²) in [7, 11) is 0. The fraction of sp³-hybridized carbons (Fsp3) is 0.632. The van der Waals surface area contributed by atoms with Crippen molar-refractivity contribution >= 4 is 5.97 Å². The highest BCUT2D eigenvalue weighted by Crippen LogP contribution is 2.40. The van der Waals surface area contributed by atoms with Gasteiger partial charge >= 0.3 is 5.97 Å². The minimum absolute atomic E-state index is 0.0215. The summed E-state index contributed by atoms with van der Waals surface area (Å²) in [6.45, 7) is 12.4. The quantitative estimate of drug-likeness (QED) is 0.598. The molecule has 4 nitrogen and oxygen atoms in total. The van der Waals surface area contributed by atoms with Gasteiger partial charge in [0.1, 0.15) is 11.9 Å². The van der Waals surface area contributed by atoms with Gasteiger partial charge in [-0.1, -0.05) is 12.1 Å². The highest BCUT2D eigenvalue weighted by molar-refractivity contribution is 5.69. The molecule has 1 saturated heterocycles. The van der Waals surface area contributed by atoms with Gasteiger partial charge in [-0.3, -0.25) is 9.63 Å². The molecule has 0 aromatic heterocycles. The molecule has 0 radical (unpaired) electrons. The van der Waals surface area contributed by atoms with Crippen molar-refractivity contribution in [3.05, 3.63) is 29.8 Å². The van der Waals surface area contributed by atoms with Gasteiger partial charge in [0.05, 0.1) is 0 Å². The maximum atomic E-state index is 11.0. The second-order valence-corrected chi connectivity index (χ2v) is 7.68. The molecule has 0 amide bonds. The molecule has 0 bridgehead atoms. The molecule has 2 rings (SSSR count). The van der Waals surface area contributed by atoms with Gasteiger partial charge in [0.2, 0.25) is 0 Å². The Hall–Kier alpha value is -1.39. The maximum Gasteiger partial charge on any atom is 0.308 e. The standard InChI is InChI=1S/C19H29NO3/c1-14(16-8-10-17(11-9-16)22-15(2)21)23-20-18(3,4)12-7-13-19(20,5)6/h8-11,14H,7,12-13H2,1-6H3. The van der Waals surface area contributed by atoms with Crippen molar-refractivity contribution in [1.29, 1.82) is 0 Å². The molecule has 1 aliphatic rings. The highest BCUT2D eigenvalue weighted by atomic mass is 16.7. The second-order valence-electron chi connectivity index (χ2n) is 7.68. The third-order valence-electron chi connectivity index (χ3n) is 4.55. The number of nitrogens with zero attached hydrogens (tertiary/aromatic N) is 1. The van der Waals surface area contributed by atoms with Crippen molar-refractivity contribution in [1.82, 2.24) is 5.06 Å². The van der Waals surface area contributed by atoms with Crippen molar-refractivity contribution in [2.45, 2.75) is 78.0 Å². The molecular formula is C19H29NO3. The molecule has 0 N–H and O–H groups in total. The fourth-order valence-electron chi connectivity index (χ4n) is 3.45. The van der Waals surface area contributed by atoms with E-state index >= 15 is 0 Å². The van der Waals surface area contributed by atoms with Crippen LogP contribution >= 0.6 is 0 Å². The first-order valence-electron chi connectivity index (χ1n) is 8.37. The van der Waals surface area contributed by atoms with Crippen LogP contribution < -0.4 is 4.74 Å². The smallest absolute Gasteiger partial charge is 0.308 e. The Labute approximate surface area is 139 Å². The monoisotopic (exact) mass is 319 g/mol. The van der Waals surface area contributed by atoms with Crippen LogP contribution in [0.3, 0.4) is 0 Å². The van der Waals surface area contributed by atoms with E-state index in [0.29, 0.717) is 5.75 Å². The Kier molecular flexibility index (Phi) is 5.17. The average Bonchev–Trinajstić information content (AvgIpc) is 2.42. The van der Waals surface area contributed by atoms with Crippen molar-refractivity contribution in [2.75, 3.05) is 0 Å². The van der Waals surface area contributed by atoms with Crippen molar-refractivity contribution in [3.63, 3.8) is 0 Å². The van der Waals surface area contributed by atoms with Gasteiger partial charge in [0.15, 0.2) is 0 Å².